The number of nitrogens with zero attached hydrogens (tertiary/aromatic N) is 4. The summed E-state index contributed by atoms with van der Waals surface area (Å²) in [5.41, 5.74) is 3.11. The molecule has 0 radical (unpaired) electrons. The van der Waals surface area contributed by atoms with Crippen LogP contribution in [0.1, 0.15) is 63.4 Å². The van der Waals surface area contributed by atoms with Crippen LogP contribution in [-0.4, -0.2) is 78.4 Å². The highest BCUT2D eigenvalue weighted by Gasteiger charge is 2.36. The third-order valence-electron chi connectivity index (χ3n) is 6.94. The summed E-state index contributed by atoms with van der Waals surface area (Å²) in [6, 6.07) is 6.38. The second kappa shape index (κ2) is 9.60. The second-order valence-corrected chi connectivity index (χ2v) is 9.65. The number of piperazine rings is 1. The van der Waals surface area contributed by atoms with Crippen LogP contribution in [0.3, 0.4) is 0 Å². The van der Waals surface area contributed by atoms with E-state index in [4.69, 9.17) is 0 Å². The van der Waals surface area contributed by atoms with Crippen molar-refractivity contribution in [1.29, 1.82) is 0 Å². The standard InChI is InChI=1S/C23H34N4O2.C2H6/c1-17(28)27-12-11-25(16-23(27,2)3)14-18-7-9-26(10-8-18)20-6-5-19-15-24(4)22(29)21(19)13-20;1-2/h5-6,13,18H,7-12,14-16H2,1-4H3;1-2H3. The Kier molecular flexibility index (Phi) is 7.30. The van der Waals surface area contributed by atoms with Gasteiger partial charge < -0.3 is 14.7 Å². The maximum atomic E-state index is 12.3. The van der Waals surface area contributed by atoms with E-state index >= 15 is 0 Å². The molecule has 0 atom stereocenters. The van der Waals surface area contributed by atoms with Gasteiger partial charge in [-0.1, -0.05) is 19.9 Å². The molecular formula is C25H40N4O2. The molecule has 172 valence electrons. The predicted octanol–water partition coefficient (Wildman–Crippen LogP) is 3.46. The first kappa shape index (κ1) is 23.6. The highest BCUT2D eigenvalue weighted by Crippen LogP contribution is 2.30. The van der Waals surface area contributed by atoms with E-state index in [0.717, 1.165) is 56.9 Å². The molecule has 6 nitrogen and oxygen atoms in total. The maximum Gasteiger partial charge on any atom is 0.254 e. The molecule has 0 spiro atoms. The Morgan fingerprint density at radius 2 is 1.77 bits per heavy atom. The van der Waals surface area contributed by atoms with E-state index in [1.807, 2.05) is 25.8 Å². The van der Waals surface area contributed by atoms with Gasteiger partial charge in [-0.25, -0.2) is 0 Å². The summed E-state index contributed by atoms with van der Waals surface area (Å²) >= 11 is 0. The molecule has 0 aromatic heterocycles. The van der Waals surface area contributed by atoms with E-state index < -0.39 is 0 Å². The minimum absolute atomic E-state index is 0.0884. The van der Waals surface area contributed by atoms with Crippen LogP contribution >= 0.6 is 0 Å². The molecule has 0 N–H and O–H groups in total. The normalized spacial score (nSPS) is 21.6. The fraction of sp³-hybridized carbons (Fsp3) is 0.680. The van der Waals surface area contributed by atoms with Crippen molar-refractivity contribution < 1.29 is 9.59 Å². The number of benzene rings is 1. The first-order chi connectivity index (χ1) is 14.7. The van der Waals surface area contributed by atoms with Crippen LogP contribution < -0.4 is 4.90 Å². The summed E-state index contributed by atoms with van der Waals surface area (Å²) in [5, 5.41) is 0. The minimum atomic E-state index is -0.0884. The molecule has 3 heterocycles. The smallest absolute Gasteiger partial charge is 0.254 e. The number of hydrogen-bond donors (Lipinski definition) is 0. The van der Waals surface area contributed by atoms with Crippen LogP contribution in [0.25, 0.3) is 0 Å². The molecule has 0 aliphatic carbocycles. The van der Waals surface area contributed by atoms with Crippen molar-refractivity contribution in [3.8, 4) is 0 Å². The third kappa shape index (κ3) is 5.05. The Morgan fingerprint density at radius 1 is 1.10 bits per heavy atom. The number of fused-ring (bicyclic) bond motifs is 1. The number of hydrogen-bond acceptors (Lipinski definition) is 4. The van der Waals surface area contributed by atoms with Gasteiger partial charge in [0.2, 0.25) is 5.91 Å². The fourth-order valence-electron chi connectivity index (χ4n) is 5.37. The van der Waals surface area contributed by atoms with E-state index in [1.54, 1.807) is 11.8 Å². The lowest BCUT2D eigenvalue weighted by atomic mass is 9.93. The van der Waals surface area contributed by atoms with Crippen molar-refractivity contribution in [3.63, 3.8) is 0 Å². The van der Waals surface area contributed by atoms with Crippen molar-refractivity contribution in [2.75, 3.05) is 51.2 Å². The van der Waals surface area contributed by atoms with Crippen molar-refractivity contribution in [1.82, 2.24) is 14.7 Å². The zero-order valence-electron chi connectivity index (χ0n) is 20.3. The molecule has 0 saturated carbocycles. The van der Waals surface area contributed by atoms with Gasteiger partial charge in [0.15, 0.2) is 0 Å². The van der Waals surface area contributed by atoms with Gasteiger partial charge in [0, 0.05) is 76.6 Å². The van der Waals surface area contributed by atoms with E-state index in [9.17, 15) is 9.59 Å². The van der Waals surface area contributed by atoms with Crippen LogP contribution in [0.2, 0.25) is 0 Å². The predicted molar refractivity (Wildman–Crippen MR) is 126 cm³/mol. The summed E-state index contributed by atoms with van der Waals surface area (Å²) in [6.45, 7) is 16.7. The molecular weight excluding hydrogens is 388 g/mol. The number of rotatable bonds is 3. The quantitative estimate of drug-likeness (QED) is 0.740. The average molecular weight is 429 g/mol. The molecule has 2 amide bonds. The molecule has 0 bridgehead atoms. The van der Waals surface area contributed by atoms with Crippen LogP contribution in [0.5, 0.6) is 0 Å². The number of piperidine rings is 1. The van der Waals surface area contributed by atoms with Gasteiger partial charge in [0.25, 0.3) is 5.91 Å². The molecule has 3 aliphatic rings. The Morgan fingerprint density at radius 3 is 2.39 bits per heavy atom. The first-order valence-electron chi connectivity index (χ1n) is 11.9. The van der Waals surface area contributed by atoms with Gasteiger partial charge in [-0.3, -0.25) is 14.5 Å². The summed E-state index contributed by atoms with van der Waals surface area (Å²) in [5.74, 6) is 1.03. The minimum Gasteiger partial charge on any atom is -0.371 e. The van der Waals surface area contributed by atoms with E-state index in [-0.39, 0.29) is 17.4 Å². The number of anilines is 1. The molecule has 1 aromatic carbocycles. The van der Waals surface area contributed by atoms with Crippen molar-refractivity contribution in [3.05, 3.63) is 29.3 Å². The summed E-state index contributed by atoms with van der Waals surface area (Å²) in [4.78, 5) is 32.9. The first-order valence-corrected chi connectivity index (χ1v) is 11.9. The Balaban J connectivity index is 0.00000132. The van der Waals surface area contributed by atoms with E-state index in [2.05, 4.69) is 41.8 Å². The van der Waals surface area contributed by atoms with Crippen molar-refractivity contribution in [2.24, 2.45) is 5.92 Å². The average Bonchev–Trinajstić information content (AvgIpc) is 3.02. The van der Waals surface area contributed by atoms with Crippen LogP contribution in [0.4, 0.5) is 5.69 Å². The van der Waals surface area contributed by atoms with Crippen molar-refractivity contribution in [2.45, 2.75) is 59.5 Å². The van der Waals surface area contributed by atoms with Gasteiger partial charge >= 0.3 is 0 Å². The van der Waals surface area contributed by atoms with Gasteiger partial charge in [-0.05, 0) is 50.3 Å². The Bertz CT molecular complexity index is 799. The van der Waals surface area contributed by atoms with Crippen LogP contribution in [0.15, 0.2) is 18.2 Å². The van der Waals surface area contributed by atoms with Gasteiger partial charge in [-0.2, -0.15) is 0 Å². The highest BCUT2D eigenvalue weighted by molar-refractivity contribution is 5.99. The topological polar surface area (TPSA) is 47.1 Å². The lowest BCUT2D eigenvalue weighted by Gasteiger charge is -2.48. The fourth-order valence-corrected chi connectivity index (χ4v) is 5.37. The van der Waals surface area contributed by atoms with Crippen LogP contribution in [-0.2, 0) is 11.3 Å². The SMILES string of the molecule is CC.CC(=O)N1CCN(CC2CCN(c3ccc4c(c3)C(=O)N(C)C4)CC2)CC1(C)C. The van der Waals surface area contributed by atoms with Gasteiger partial charge in [0.1, 0.15) is 0 Å². The number of amides is 2. The monoisotopic (exact) mass is 428 g/mol. The molecule has 3 aliphatic heterocycles. The van der Waals surface area contributed by atoms with E-state index in [0.29, 0.717) is 5.92 Å². The maximum absolute atomic E-state index is 12.3. The summed E-state index contributed by atoms with van der Waals surface area (Å²) in [6.07, 6.45) is 2.36. The van der Waals surface area contributed by atoms with Gasteiger partial charge in [0.05, 0.1) is 0 Å². The van der Waals surface area contributed by atoms with Gasteiger partial charge in [-0.15, -0.1) is 0 Å². The molecule has 4 rings (SSSR count). The number of carbonyl (C=O) groups excluding carboxylic acids is 2. The zero-order chi connectivity index (χ0) is 22.8. The summed E-state index contributed by atoms with van der Waals surface area (Å²) < 4.78 is 0. The Hall–Kier alpha value is -2.08. The lowest BCUT2D eigenvalue weighted by Crippen LogP contribution is -2.61. The molecule has 1 aromatic rings. The molecule has 2 fully saturated rings. The third-order valence-corrected chi connectivity index (χ3v) is 6.94. The number of carbonyl (C=O) groups is 2. The molecule has 31 heavy (non-hydrogen) atoms. The Labute approximate surface area is 188 Å². The molecule has 0 unspecified atom stereocenters. The zero-order valence-corrected chi connectivity index (χ0v) is 20.3. The van der Waals surface area contributed by atoms with E-state index in [1.165, 1.54) is 18.5 Å². The lowest BCUT2D eigenvalue weighted by molar-refractivity contribution is -0.138. The largest absolute Gasteiger partial charge is 0.371 e. The molecule has 6 heteroatoms. The van der Waals surface area contributed by atoms with Crippen LogP contribution in [0, 0.1) is 5.92 Å². The van der Waals surface area contributed by atoms with Crippen molar-refractivity contribution >= 4 is 17.5 Å². The second-order valence-electron chi connectivity index (χ2n) is 9.65. The summed E-state index contributed by atoms with van der Waals surface area (Å²) in [7, 11) is 1.87. The molecule has 2 saturated heterocycles. The highest BCUT2D eigenvalue weighted by atomic mass is 16.2.